The summed E-state index contributed by atoms with van der Waals surface area (Å²) < 4.78 is 6.59. The van der Waals surface area contributed by atoms with Crippen molar-refractivity contribution in [3.05, 3.63) is 11.4 Å². The molecule has 0 aromatic carbocycles. The minimum absolute atomic E-state index is 0.263. The van der Waals surface area contributed by atoms with E-state index in [9.17, 15) is 9.90 Å². The summed E-state index contributed by atoms with van der Waals surface area (Å²) in [5.41, 5.74) is 1.000. The normalized spacial score (nSPS) is 12.7. The number of hydrogen-bond donors (Lipinski definition) is 1. The molecule has 0 saturated heterocycles. The van der Waals surface area contributed by atoms with E-state index < -0.39 is 12.1 Å². The molecule has 0 fully saturated rings. The Morgan fingerprint density at radius 2 is 2.11 bits per heavy atom. The first-order valence-corrected chi connectivity index (χ1v) is 6.77. The van der Waals surface area contributed by atoms with Gasteiger partial charge in [0.2, 0.25) is 0 Å². The van der Waals surface area contributed by atoms with Crippen LogP contribution in [0.15, 0.2) is 0 Å². The SMILES string of the molecule is CCOC(=O)c1nnn(CC(O)CC)c1CC(C)C. The summed E-state index contributed by atoms with van der Waals surface area (Å²) in [4.78, 5) is 11.8. The smallest absolute Gasteiger partial charge is 0.360 e. The molecule has 1 aromatic heterocycles. The average molecular weight is 269 g/mol. The zero-order valence-corrected chi connectivity index (χ0v) is 12.1. The van der Waals surface area contributed by atoms with Crippen LogP contribution < -0.4 is 0 Å². The minimum atomic E-state index is -0.484. The highest BCUT2D eigenvalue weighted by atomic mass is 16.5. The van der Waals surface area contributed by atoms with Crippen molar-refractivity contribution in [3.63, 3.8) is 0 Å². The molecular formula is C13H23N3O3. The van der Waals surface area contributed by atoms with Crippen molar-refractivity contribution in [1.29, 1.82) is 0 Å². The van der Waals surface area contributed by atoms with Crippen LogP contribution in [-0.2, 0) is 17.7 Å². The summed E-state index contributed by atoms with van der Waals surface area (Å²) in [6, 6.07) is 0. The van der Waals surface area contributed by atoms with E-state index in [2.05, 4.69) is 24.2 Å². The molecule has 1 rings (SSSR count). The van der Waals surface area contributed by atoms with E-state index in [1.807, 2.05) is 6.92 Å². The molecule has 0 amide bonds. The van der Waals surface area contributed by atoms with E-state index in [4.69, 9.17) is 4.74 Å². The molecule has 6 nitrogen and oxygen atoms in total. The zero-order valence-electron chi connectivity index (χ0n) is 12.1. The van der Waals surface area contributed by atoms with Gasteiger partial charge < -0.3 is 9.84 Å². The first-order chi connectivity index (χ1) is 8.99. The van der Waals surface area contributed by atoms with Gasteiger partial charge in [0.05, 0.1) is 24.9 Å². The highest BCUT2D eigenvalue weighted by Gasteiger charge is 2.22. The Bertz CT molecular complexity index is 415. The third-order valence-electron chi connectivity index (χ3n) is 2.76. The van der Waals surface area contributed by atoms with Crippen molar-refractivity contribution in [3.8, 4) is 0 Å². The summed E-state index contributed by atoms with van der Waals surface area (Å²) in [5.74, 6) is -0.0837. The molecule has 1 heterocycles. The van der Waals surface area contributed by atoms with E-state index in [1.165, 1.54) is 0 Å². The Morgan fingerprint density at radius 1 is 1.42 bits per heavy atom. The number of carbonyl (C=O) groups is 1. The lowest BCUT2D eigenvalue weighted by Gasteiger charge is -2.12. The highest BCUT2D eigenvalue weighted by Crippen LogP contribution is 2.14. The van der Waals surface area contributed by atoms with Gasteiger partial charge >= 0.3 is 5.97 Å². The first-order valence-electron chi connectivity index (χ1n) is 6.77. The largest absolute Gasteiger partial charge is 0.461 e. The van der Waals surface area contributed by atoms with Gasteiger partial charge in [0.15, 0.2) is 5.69 Å². The minimum Gasteiger partial charge on any atom is -0.461 e. The summed E-state index contributed by atoms with van der Waals surface area (Å²) in [6.45, 7) is 8.43. The van der Waals surface area contributed by atoms with Gasteiger partial charge in [-0.2, -0.15) is 0 Å². The topological polar surface area (TPSA) is 77.2 Å². The van der Waals surface area contributed by atoms with Gasteiger partial charge in [-0.15, -0.1) is 5.10 Å². The number of ether oxygens (including phenoxy) is 1. The van der Waals surface area contributed by atoms with Gasteiger partial charge in [0, 0.05) is 0 Å². The fourth-order valence-corrected chi connectivity index (χ4v) is 1.75. The standard InChI is InChI=1S/C13H23N3O3/c1-5-10(17)8-16-11(7-9(3)4)12(14-15-16)13(18)19-6-2/h9-10,17H,5-8H2,1-4H3. The number of rotatable bonds is 7. The highest BCUT2D eigenvalue weighted by molar-refractivity contribution is 5.88. The van der Waals surface area contributed by atoms with Crippen LogP contribution in [0.2, 0.25) is 0 Å². The molecule has 0 bridgehead atoms. The lowest BCUT2D eigenvalue weighted by atomic mass is 10.1. The number of aromatic nitrogens is 3. The molecule has 19 heavy (non-hydrogen) atoms. The monoisotopic (exact) mass is 269 g/mol. The number of hydrogen-bond acceptors (Lipinski definition) is 5. The lowest BCUT2D eigenvalue weighted by Crippen LogP contribution is -2.19. The van der Waals surface area contributed by atoms with Crippen molar-refractivity contribution in [2.75, 3.05) is 6.61 Å². The van der Waals surface area contributed by atoms with Crippen LogP contribution in [0.5, 0.6) is 0 Å². The summed E-state index contributed by atoms with van der Waals surface area (Å²) in [6.07, 6.45) is 0.829. The Labute approximate surface area is 113 Å². The maximum atomic E-state index is 11.8. The van der Waals surface area contributed by atoms with Crippen LogP contribution in [-0.4, -0.2) is 38.8 Å². The molecule has 1 atom stereocenters. The van der Waals surface area contributed by atoms with Crippen LogP contribution >= 0.6 is 0 Å². The maximum absolute atomic E-state index is 11.8. The molecule has 0 aliphatic heterocycles. The van der Waals surface area contributed by atoms with E-state index in [1.54, 1.807) is 11.6 Å². The number of esters is 1. The Kier molecular flexibility index (Phi) is 5.95. The van der Waals surface area contributed by atoms with Gasteiger partial charge in [-0.05, 0) is 25.7 Å². The molecule has 0 spiro atoms. The lowest BCUT2D eigenvalue weighted by molar-refractivity contribution is 0.0517. The molecule has 0 aliphatic rings. The molecule has 108 valence electrons. The van der Waals surface area contributed by atoms with E-state index in [-0.39, 0.29) is 5.69 Å². The van der Waals surface area contributed by atoms with Gasteiger partial charge in [-0.1, -0.05) is 26.0 Å². The fourth-order valence-electron chi connectivity index (χ4n) is 1.75. The van der Waals surface area contributed by atoms with Gasteiger partial charge in [0.25, 0.3) is 0 Å². The molecule has 1 aromatic rings. The molecule has 0 saturated carbocycles. The molecular weight excluding hydrogens is 246 g/mol. The predicted molar refractivity (Wildman–Crippen MR) is 70.8 cm³/mol. The van der Waals surface area contributed by atoms with Gasteiger partial charge in [-0.25, -0.2) is 9.48 Å². The Balaban J connectivity index is 3.00. The first kappa shape index (κ1) is 15.6. The second-order valence-electron chi connectivity index (χ2n) is 4.95. The van der Waals surface area contributed by atoms with Gasteiger partial charge in [-0.3, -0.25) is 0 Å². The molecule has 0 radical (unpaired) electrons. The van der Waals surface area contributed by atoms with Crippen molar-refractivity contribution in [2.24, 2.45) is 5.92 Å². The average Bonchev–Trinajstić information content (AvgIpc) is 2.72. The van der Waals surface area contributed by atoms with Crippen molar-refractivity contribution < 1.29 is 14.6 Å². The quantitative estimate of drug-likeness (QED) is 0.758. The van der Waals surface area contributed by atoms with Crippen molar-refractivity contribution in [2.45, 2.75) is 53.2 Å². The van der Waals surface area contributed by atoms with Crippen LogP contribution in [0, 0.1) is 5.92 Å². The molecule has 1 unspecified atom stereocenters. The molecule has 1 N–H and O–H groups in total. The van der Waals surface area contributed by atoms with Crippen LogP contribution in [0.3, 0.4) is 0 Å². The molecule has 6 heteroatoms. The third kappa shape index (κ3) is 4.31. The summed E-state index contributed by atoms with van der Waals surface area (Å²) >= 11 is 0. The maximum Gasteiger partial charge on any atom is 0.360 e. The number of carbonyl (C=O) groups excluding carboxylic acids is 1. The van der Waals surface area contributed by atoms with Crippen molar-refractivity contribution in [1.82, 2.24) is 15.0 Å². The van der Waals surface area contributed by atoms with E-state index in [0.717, 1.165) is 5.69 Å². The second-order valence-corrected chi connectivity index (χ2v) is 4.95. The predicted octanol–water partition coefficient (Wildman–Crippen LogP) is 1.42. The number of nitrogens with zero attached hydrogens (tertiary/aromatic N) is 3. The number of aliphatic hydroxyl groups is 1. The summed E-state index contributed by atoms with van der Waals surface area (Å²) in [7, 11) is 0. The van der Waals surface area contributed by atoms with Crippen molar-refractivity contribution >= 4 is 5.97 Å². The fraction of sp³-hybridized carbons (Fsp3) is 0.769. The van der Waals surface area contributed by atoms with E-state index >= 15 is 0 Å². The Morgan fingerprint density at radius 3 is 2.63 bits per heavy atom. The second kappa shape index (κ2) is 7.23. The summed E-state index contributed by atoms with van der Waals surface area (Å²) in [5, 5.41) is 17.6. The molecule has 0 aliphatic carbocycles. The van der Waals surface area contributed by atoms with Gasteiger partial charge in [0.1, 0.15) is 0 Å². The third-order valence-corrected chi connectivity index (χ3v) is 2.76. The van der Waals surface area contributed by atoms with Crippen LogP contribution in [0.1, 0.15) is 50.3 Å². The van der Waals surface area contributed by atoms with E-state index in [0.29, 0.717) is 31.9 Å². The number of aliphatic hydroxyl groups excluding tert-OH is 1. The van der Waals surface area contributed by atoms with Crippen LogP contribution in [0.4, 0.5) is 0 Å². The van der Waals surface area contributed by atoms with Crippen LogP contribution in [0.25, 0.3) is 0 Å². The Hall–Kier alpha value is -1.43. The zero-order chi connectivity index (χ0) is 14.4.